The number of sulfonamides is 2. The quantitative estimate of drug-likeness (QED) is 0.690. The highest BCUT2D eigenvalue weighted by molar-refractivity contribution is 7.92. The van der Waals surface area contributed by atoms with Crippen LogP contribution in [0.2, 0.25) is 0 Å². The number of anilines is 1. The summed E-state index contributed by atoms with van der Waals surface area (Å²) in [6.07, 6.45) is 1.67. The van der Waals surface area contributed by atoms with E-state index in [0.717, 1.165) is 12.8 Å². The van der Waals surface area contributed by atoms with E-state index in [2.05, 4.69) is 11.6 Å². The molecule has 1 N–H and O–H groups in total. The predicted octanol–water partition coefficient (Wildman–Crippen LogP) is 2.93. The lowest BCUT2D eigenvalue weighted by Gasteiger charge is -2.29. The van der Waals surface area contributed by atoms with Gasteiger partial charge < -0.3 is 9.47 Å². The summed E-state index contributed by atoms with van der Waals surface area (Å²) in [5.74, 6) is 1.22. The molecule has 30 heavy (non-hydrogen) atoms. The van der Waals surface area contributed by atoms with E-state index in [4.69, 9.17) is 9.47 Å². The number of hydrogen-bond donors (Lipinski definition) is 1. The molecule has 0 aliphatic carbocycles. The van der Waals surface area contributed by atoms with Gasteiger partial charge >= 0.3 is 0 Å². The van der Waals surface area contributed by atoms with Crippen molar-refractivity contribution < 1.29 is 26.3 Å². The Morgan fingerprint density at radius 3 is 2.00 bits per heavy atom. The van der Waals surface area contributed by atoms with Crippen LogP contribution in [0.5, 0.6) is 11.5 Å². The molecule has 0 amide bonds. The van der Waals surface area contributed by atoms with Crippen molar-refractivity contribution in [3.8, 4) is 11.5 Å². The van der Waals surface area contributed by atoms with Gasteiger partial charge in [0.1, 0.15) is 0 Å². The number of benzene rings is 2. The van der Waals surface area contributed by atoms with Gasteiger partial charge in [-0.05, 0) is 55.2 Å². The van der Waals surface area contributed by atoms with E-state index in [0.29, 0.717) is 24.8 Å². The summed E-state index contributed by atoms with van der Waals surface area (Å²) < 4.78 is 65.2. The molecular weight excluding hydrogens is 428 g/mol. The molecule has 2 aromatic rings. The van der Waals surface area contributed by atoms with Gasteiger partial charge in [0.2, 0.25) is 10.0 Å². The molecule has 1 heterocycles. The summed E-state index contributed by atoms with van der Waals surface area (Å²) in [4.78, 5) is 0.144. The largest absolute Gasteiger partial charge is 0.493 e. The van der Waals surface area contributed by atoms with E-state index >= 15 is 0 Å². The van der Waals surface area contributed by atoms with Crippen LogP contribution in [0.25, 0.3) is 0 Å². The molecule has 8 nitrogen and oxygen atoms in total. The molecule has 0 aromatic heterocycles. The van der Waals surface area contributed by atoms with Crippen molar-refractivity contribution in [2.45, 2.75) is 29.6 Å². The number of nitrogens with zero attached hydrogens (tertiary/aromatic N) is 1. The molecule has 0 unspecified atom stereocenters. The van der Waals surface area contributed by atoms with Crippen LogP contribution in [0.3, 0.4) is 0 Å². The minimum Gasteiger partial charge on any atom is -0.493 e. The molecule has 1 aliphatic heterocycles. The third-order valence-corrected chi connectivity index (χ3v) is 8.44. The first-order valence-corrected chi connectivity index (χ1v) is 12.4. The van der Waals surface area contributed by atoms with Crippen molar-refractivity contribution in [2.75, 3.05) is 32.0 Å². The average molecular weight is 455 g/mol. The van der Waals surface area contributed by atoms with Crippen LogP contribution in [-0.2, 0) is 20.0 Å². The maximum atomic E-state index is 12.8. The summed E-state index contributed by atoms with van der Waals surface area (Å²) in [6, 6.07) is 9.98. The molecule has 0 bridgehead atoms. The minimum atomic E-state index is -3.89. The summed E-state index contributed by atoms with van der Waals surface area (Å²) in [6.45, 7) is 3.11. The highest BCUT2D eigenvalue weighted by atomic mass is 32.2. The predicted molar refractivity (Wildman–Crippen MR) is 114 cm³/mol. The molecule has 2 aromatic carbocycles. The lowest BCUT2D eigenvalue weighted by molar-refractivity contribution is 0.288. The van der Waals surface area contributed by atoms with Gasteiger partial charge in [-0.3, -0.25) is 4.72 Å². The second-order valence-corrected chi connectivity index (χ2v) is 10.9. The molecule has 0 saturated carbocycles. The maximum absolute atomic E-state index is 12.8. The molecular formula is C20H26N2O6S2. The van der Waals surface area contributed by atoms with Crippen LogP contribution < -0.4 is 14.2 Å². The van der Waals surface area contributed by atoms with E-state index in [1.165, 1.54) is 61.0 Å². The van der Waals surface area contributed by atoms with Crippen LogP contribution in [0.1, 0.15) is 19.8 Å². The zero-order valence-corrected chi connectivity index (χ0v) is 18.8. The van der Waals surface area contributed by atoms with E-state index in [1.54, 1.807) is 0 Å². The molecule has 164 valence electrons. The van der Waals surface area contributed by atoms with Crippen LogP contribution in [0.15, 0.2) is 52.3 Å². The second-order valence-electron chi connectivity index (χ2n) is 7.23. The Bertz CT molecular complexity index is 1090. The Balaban J connectivity index is 1.78. The number of methoxy groups -OCH3 is 2. The zero-order valence-electron chi connectivity index (χ0n) is 17.2. The van der Waals surface area contributed by atoms with E-state index in [-0.39, 0.29) is 21.2 Å². The molecule has 0 spiro atoms. The molecule has 1 fully saturated rings. The van der Waals surface area contributed by atoms with E-state index in [1.807, 2.05) is 0 Å². The first-order valence-electron chi connectivity index (χ1n) is 9.52. The van der Waals surface area contributed by atoms with E-state index in [9.17, 15) is 16.8 Å². The lowest BCUT2D eigenvalue weighted by Crippen LogP contribution is -2.37. The smallest absolute Gasteiger partial charge is 0.262 e. The second kappa shape index (κ2) is 8.83. The highest BCUT2D eigenvalue weighted by Crippen LogP contribution is 2.30. The number of rotatable bonds is 7. The number of hydrogen-bond acceptors (Lipinski definition) is 6. The van der Waals surface area contributed by atoms with Gasteiger partial charge in [0, 0.05) is 24.8 Å². The topological polar surface area (TPSA) is 102 Å². The Kier molecular flexibility index (Phi) is 6.59. The fourth-order valence-electron chi connectivity index (χ4n) is 3.27. The number of nitrogens with one attached hydrogen (secondary N) is 1. The van der Waals surface area contributed by atoms with Crippen molar-refractivity contribution >= 4 is 25.7 Å². The summed E-state index contributed by atoms with van der Waals surface area (Å²) in [5.41, 5.74) is 0.260. The third-order valence-electron chi connectivity index (χ3n) is 5.15. The van der Waals surface area contributed by atoms with Gasteiger partial charge in [0.05, 0.1) is 24.0 Å². The number of ether oxygens (including phenoxy) is 2. The molecule has 0 radical (unpaired) electrons. The first kappa shape index (κ1) is 22.4. The zero-order chi connectivity index (χ0) is 21.9. The van der Waals surface area contributed by atoms with Gasteiger partial charge in [-0.15, -0.1) is 0 Å². The van der Waals surface area contributed by atoms with Crippen LogP contribution in [-0.4, -0.2) is 48.4 Å². The highest BCUT2D eigenvalue weighted by Gasteiger charge is 2.28. The van der Waals surface area contributed by atoms with Gasteiger partial charge in [-0.25, -0.2) is 16.8 Å². The molecule has 3 rings (SSSR count). The van der Waals surface area contributed by atoms with Gasteiger partial charge in [0.15, 0.2) is 11.5 Å². The molecule has 0 atom stereocenters. The van der Waals surface area contributed by atoms with Crippen molar-refractivity contribution in [3.63, 3.8) is 0 Å². The Morgan fingerprint density at radius 1 is 0.867 bits per heavy atom. The van der Waals surface area contributed by atoms with Crippen LogP contribution in [0.4, 0.5) is 5.69 Å². The first-order chi connectivity index (χ1) is 14.2. The normalized spacial score (nSPS) is 16.2. The number of piperidine rings is 1. The van der Waals surface area contributed by atoms with Crippen molar-refractivity contribution in [3.05, 3.63) is 42.5 Å². The standard InChI is InChI=1S/C20H26N2O6S2/c1-15-10-12-22(13-11-15)30(25,26)17-6-4-16(5-7-17)21-29(23,24)18-8-9-19(27-2)20(14-18)28-3/h4-9,14-15,21H,10-13H2,1-3H3. The monoisotopic (exact) mass is 454 g/mol. The Morgan fingerprint density at radius 2 is 1.43 bits per heavy atom. The fourth-order valence-corrected chi connectivity index (χ4v) is 5.81. The summed E-state index contributed by atoms with van der Waals surface area (Å²) in [7, 11) is -4.60. The third kappa shape index (κ3) is 4.71. The van der Waals surface area contributed by atoms with Crippen molar-refractivity contribution in [1.82, 2.24) is 4.31 Å². The average Bonchev–Trinajstić information content (AvgIpc) is 2.73. The minimum absolute atomic E-state index is 0.000662. The van der Waals surface area contributed by atoms with E-state index < -0.39 is 20.0 Å². The Labute approximate surface area is 177 Å². The molecule has 1 aliphatic rings. The lowest BCUT2D eigenvalue weighted by atomic mass is 10.0. The summed E-state index contributed by atoms with van der Waals surface area (Å²) in [5, 5.41) is 0. The van der Waals surface area contributed by atoms with Crippen molar-refractivity contribution in [1.29, 1.82) is 0 Å². The fraction of sp³-hybridized carbons (Fsp3) is 0.400. The van der Waals surface area contributed by atoms with Crippen LogP contribution >= 0.6 is 0 Å². The van der Waals surface area contributed by atoms with Gasteiger partial charge in [-0.2, -0.15) is 4.31 Å². The van der Waals surface area contributed by atoms with Gasteiger partial charge in [-0.1, -0.05) is 6.92 Å². The molecule has 1 saturated heterocycles. The van der Waals surface area contributed by atoms with Crippen molar-refractivity contribution in [2.24, 2.45) is 5.92 Å². The SMILES string of the molecule is COc1ccc(S(=O)(=O)Nc2ccc(S(=O)(=O)N3CCC(C)CC3)cc2)cc1OC. The Hall–Kier alpha value is -2.30. The van der Waals surface area contributed by atoms with Crippen LogP contribution in [0, 0.1) is 5.92 Å². The summed E-state index contributed by atoms with van der Waals surface area (Å²) >= 11 is 0. The maximum Gasteiger partial charge on any atom is 0.262 e. The molecule has 10 heteroatoms. The van der Waals surface area contributed by atoms with Gasteiger partial charge in [0.25, 0.3) is 10.0 Å².